The minimum absolute atomic E-state index is 0.541. The zero-order valence-corrected chi connectivity index (χ0v) is 10.7. The smallest absolute Gasteiger partial charge is 0.0604 e. The molecule has 2 rings (SSSR count). The summed E-state index contributed by atoms with van der Waals surface area (Å²) in [7, 11) is 0. The molecule has 1 N–H and O–H groups in total. The van der Waals surface area contributed by atoms with Crippen LogP contribution in [0, 0.1) is 0 Å². The highest BCUT2D eigenvalue weighted by molar-refractivity contribution is 8.00. The summed E-state index contributed by atoms with van der Waals surface area (Å²) in [5.41, 5.74) is 0. The number of hydrogen-bond donors (Lipinski definition) is 1. The predicted molar refractivity (Wildman–Crippen MR) is 66.5 cm³/mol. The van der Waals surface area contributed by atoms with Crippen LogP contribution in [0.15, 0.2) is 0 Å². The van der Waals surface area contributed by atoms with Crippen LogP contribution in [0.4, 0.5) is 0 Å². The van der Waals surface area contributed by atoms with Gasteiger partial charge in [0.2, 0.25) is 0 Å². The average molecular weight is 229 g/mol. The number of rotatable bonds is 6. The van der Waals surface area contributed by atoms with Crippen molar-refractivity contribution in [3.63, 3.8) is 0 Å². The van der Waals surface area contributed by atoms with Gasteiger partial charge in [-0.3, -0.25) is 0 Å². The monoisotopic (exact) mass is 229 g/mol. The van der Waals surface area contributed by atoms with Crippen molar-refractivity contribution in [2.24, 2.45) is 0 Å². The van der Waals surface area contributed by atoms with Gasteiger partial charge in [-0.1, -0.05) is 6.42 Å². The lowest BCUT2D eigenvalue weighted by Gasteiger charge is -2.44. The van der Waals surface area contributed by atoms with Crippen molar-refractivity contribution in [3.05, 3.63) is 0 Å². The Morgan fingerprint density at radius 3 is 2.60 bits per heavy atom. The predicted octanol–water partition coefficient (Wildman–Crippen LogP) is 2.43. The molecule has 0 radical (unpaired) electrons. The topological polar surface area (TPSA) is 21.3 Å². The molecule has 3 heteroatoms. The van der Waals surface area contributed by atoms with Gasteiger partial charge in [0.15, 0.2) is 0 Å². The van der Waals surface area contributed by atoms with Gasteiger partial charge < -0.3 is 10.1 Å². The van der Waals surface area contributed by atoms with Gasteiger partial charge in [0.1, 0.15) is 0 Å². The van der Waals surface area contributed by atoms with Crippen molar-refractivity contribution in [1.29, 1.82) is 0 Å². The highest BCUT2D eigenvalue weighted by atomic mass is 32.2. The summed E-state index contributed by atoms with van der Waals surface area (Å²) in [4.78, 5) is 0. The van der Waals surface area contributed by atoms with Crippen LogP contribution in [0.2, 0.25) is 0 Å². The minimum atomic E-state index is 0.541. The van der Waals surface area contributed by atoms with E-state index in [2.05, 4.69) is 30.3 Å². The molecule has 0 aromatic heterocycles. The largest absolute Gasteiger partial charge is 0.378 e. The van der Waals surface area contributed by atoms with Gasteiger partial charge in [0, 0.05) is 23.9 Å². The third kappa shape index (κ3) is 2.69. The summed E-state index contributed by atoms with van der Waals surface area (Å²) in [5.74, 6) is 0. The molecule has 0 aromatic carbocycles. The van der Waals surface area contributed by atoms with E-state index in [-0.39, 0.29) is 0 Å². The molecule has 0 amide bonds. The van der Waals surface area contributed by atoms with Crippen LogP contribution >= 0.6 is 11.8 Å². The molecule has 2 aliphatic rings. The molecule has 2 aliphatic carbocycles. The Hall–Kier alpha value is 0.270. The first kappa shape index (κ1) is 11.7. The summed E-state index contributed by atoms with van der Waals surface area (Å²) in [5, 5.41) is 3.70. The molecule has 0 atom stereocenters. The zero-order valence-electron chi connectivity index (χ0n) is 9.92. The van der Waals surface area contributed by atoms with E-state index >= 15 is 0 Å². The number of thioether (sulfide) groups is 1. The van der Waals surface area contributed by atoms with Crippen molar-refractivity contribution in [1.82, 2.24) is 5.32 Å². The molecule has 0 bridgehead atoms. The molecule has 0 heterocycles. The van der Waals surface area contributed by atoms with E-state index < -0.39 is 0 Å². The lowest BCUT2D eigenvalue weighted by molar-refractivity contribution is -0.0107. The molecule has 15 heavy (non-hydrogen) atoms. The fourth-order valence-corrected chi connectivity index (χ4v) is 3.38. The van der Waals surface area contributed by atoms with E-state index in [9.17, 15) is 0 Å². The summed E-state index contributed by atoms with van der Waals surface area (Å²) >= 11 is 2.05. The summed E-state index contributed by atoms with van der Waals surface area (Å²) in [6, 6.07) is 0.728. The van der Waals surface area contributed by atoms with Crippen molar-refractivity contribution >= 4 is 11.8 Å². The SMILES string of the molecule is CCOC1CC(NCC2(SC)CCC2)C1. The van der Waals surface area contributed by atoms with Crippen LogP contribution in [0.3, 0.4) is 0 Å². The number of hydrogen-bond acceptors (Lipinski definition) is 3. The molecular formula is C12H23NOS. The van der Waals surface area contributed by atoms with Gasteiger partial charge in [-0.2, -0.15) is 11.8 Å². The lowest BCUT2D eigenvalue weighted by atomic mass is 9.82. The molecular weight excluding hydrogens is 206 g/mol. The maximum absolute atomic E-state index is 5.56. The molecule has 0 saturated heterocycles. The van der Waals surface area contributed by atoms with Gasteiger partial charge >= 0.3 is 0 Å². The molecule has 88 valence electrons. The Morgan fingerprint density at radius 2 is 2.13 bits per heavy atom. The van der Waals surface area contributed by atoms with Gasteiger partial charge in [-0.15, -0.1) is 0 Å². The molecule has 2 fully saturated rings. The van der Waals surface area contributed by atoms with Crippen molar-refractivity contribution < 1.29 is 4.74 Å². The van der Waals surface area contributed by atoms with E-state index in [1.165, 1.54) is 38.6 Å². The Bertz CT molecular complexity index is 194. The van der Waals surface area contributed by atoms with Gasteiger partial charge in [-0.25, -0.2) is 0 Å². The normalized spacial score (nSPS) is 33.2. The van der Waals surface area contributed by atoms with Gasteiger partial charge in [-0.05, 0) is 38.9 Å². The maximum atomic E-state index is 5.56. The van der Waals surface area contributed by atoms with E-state index in [0.29, 0.717) is 10.9 Å². The Balaban J connectivity index is 1.59. The van der Waals surface area contributed by atoms with Gasteiger partial charge in [0.25, 0.3) is 0 Å². The molecule has 0 spiro atoms. The fraction of sp³-hybridized carbons (Fsp3) is 1.00. The van der Waals surface area contributed by atoms with Crippen LogP contribution in [0.1, 0.15) is 39.0 Å². The molecule has 2 saturated carbocycles. The second-order valence-electron chi connectivity index (χ2n) is 4.87. The van der Waals surface area contributed by atoms with E-state index in [0.717, 1.165) is 12.6 Å². The van der Waals surface area contributed by atoms with Crippen molar-refractivity contribution in [2.75, 3.05) is 19.4 Å². The first-order chi connectivity index (χ1) is 7.28. The van der Waals surface area contributed by atoms with Crippen molar-refractivity contribution in [3.8, 4) is 0 Å². The van der Waals surface area contributed by atoms with Crippen LogP contribution in [0.5, 0.6) is 0 Å². The third-order valence-corrected chi connectivity index (χ3v) is 5.33. The standard InChI is InChI=1S/C12H23NOS/c1-3-14-11-7-10(8-11)13-9-12(15-2)5-4-6-12/h10-11,13H,3-9H2,1-2H3. The maximum Gasteiger partial charge on any atom is 0.0604 e. The summed E-state index contributed by atoms with van der Waals surface area (Å²) < 4.78 is 6.14. The summed E-state index contributed by atoms with van der Waals surface area (Å²) in [6.45, 7) is 4.15. The Labute approximate surface area is 97.5 Å². The lowest BCUT2D eigenvalue weighted by Crippen LogP contribution is -2.52. The average Bonchev–Trinajstić information content (AvgIpc) is 2.12. The zero-order chi connectivity index (χ0) is 10.7. The van der Waals surface area contributed by atoms with E-state index in [1.54, 1.807) is 0 Å². The van der Waals surface area contributed by atoms with Gasteiger partial charge in [0.05, 0.1) is 6.10 Å². The third-order valence-electron chi connectivity index (χ3n) is 3.91. The van der Waals surface area contributed by atoms with Crippen LogP contribution < -0.4 is 5.32 Å². The van der Waals surface area contributed by atoms with E-state index in [4.69, 9.17) is 4.74 Å². The first-order valence-corrected chi connectivity index (χ1v) is 7.40. The Morgan fingerprint density at radius 1 is 1.40 bits per heavy atom. The minimum Gasteiger partial charge on any atom is -0.378 e. The van der Waals surface area contributed by atoms with Crippen LogP contribution in [-0.2, 0) is 4.74 Å². The fourth-order valence-electron chi connectivity index (χ4n) is 2.46. The number of ether oxygens (including phenoxy) is 1. The molecule has 0 unspecified atom stereocenters. The second kappa shape index (κ2) is 5.07. The second-order valence-corrected chi connectivity index (χ2v) is 6.14. The molecule has 0 aliphatic heterocycles. The van der Waals surface area contributed by atoms with Crippen LogP contribution in [0.25, 0.3) is 0 Å². The first-order valence-electron chi connectivity index (χ1n) is 6.18. The van der Waals surface area contributed by atoms with Crippen molar-refractivity contribution in [2.45, 2.75) is 55.9 Å². The quantitative estimate of drug-likeness (QED) is 0.756. The Kier molecular flexibility index (Phi) is 3.97. The molecule has 2 nitrogen and oxygen atoms in total. The van der Waals surface area contributed by atoms with E-state index in [1.807, 2.05) is 0 Å². The highest BCUT2D eigenvalue weighted by Crippen LogP contribution is 2.42. The summed E-state index contributed by atoms with van der Waals surface area (Å²) in [6.07, 6.45) is 9.47. The number of nitrogens with one attached hydrogen (secondary N) is 1. The highest BCUT2D eigenvalue weighted by Gasteiger charge is 2.38. The van der Waals surface area contributed by atoms with Crippen LogP contribution in [-0.4, -0.2) is 36.3 Å². The molecule has 0 aromatic rings.